The molecule has 0 unspecified atom stereocenters. The number of nitrogens with zero attached hydrogens (tertiary/aromatic N) is 1. The summed E-state index contributed by atoms with van der Waals surface area (Å²) in [5, 5.41) is 1.92. The van der Waals surface area contributed by atoms with Crippen molar-refractivity contribution in [3.8, 4) is 0 Å². The topological polar surface area (TPSA) is 63.4 Å². The average molecular weight is 405 g/mol. The predicted octanol–water partition coefficient (Wildman–Crippen LogP) is 2.97. The van der Waals surface area contributed by atoms with Gasteiger partial charge in [-0.15, -0.1) is 11.3 Å². The van der Waals surface area contributed by atoms with E-state index in [1.165, 1.54) is 27.8 Å². The highest BCUT2D eigenvalue weighted by Gasteiger charge is 2.21. The van der Waals surface area contributed by atoms with Crippen LogP contribution < -0.4 is 5.73 Å². The normalized spacial score (nSPS) is 11.8. The van der Waals surface area contributed by atoms with Crippen LogP contribution in [-0.4, -0.2) is 24.8 Å². The van der Waals surface area contributed by atoms with E-state index < -0.39 is 10.0 Å². The summed E-state index contributed by atoms with van der Waals surface area (Å²) in [6, 6.07) is 8.18. The fourth-order valence-electron chi connectivity index (χ4n) is 1.71. The Kier molecular flexibility index (Phi) is 5.15. The molecule has 0 saturated heterocycles. The molecule has 0 spiro atoms. The molecule has 1 aromatic carbocycles. The summed E-state index contributed by atoms with van der Waals surface area (Å²) in [5.41, 5.74) is 6.15. The maximum atomic E-state index is 12.5. The van der Waals surface area contributed by atoms with E-state index in [4.69, 9.17) is 18.0 Å². The Hall–Kier alpha value is -0.800. The second-order valence-corrected chi connectivity index (χ2v) is 8.78. The number of hydrogen-bond acceptors (Lipinski definition) is 4. The fraction of sp³-hybridized carbons (Fsp3) is 0.154. The number of benzene rings is 1. The second kappa shape index (κ2) is 6.53. The number of thiocarbonyl (C=S) groups is 1. The van der Waals surface area contributed by atoms with Crippen molar-refractivity contribution in [3.05, 3.63) is 50.6 Å². The summed E-state index contributed by atoms with van der Waals surface area (Å²) in [7, 11) is -1.97. The molecule has 0 saturated carbocycles. The van der Waals surface area contributed by atoms with E-state index in [9.17, 15) is 8.42 Å². The Labute approximate surface area is 141 Å². The van der Waals surface area contributed by atoms with Gasteiger partial charge in [0.15, 0.2) is 0 Å². The van der Waals surface area contributed by atoms with Crippen LogP contribution >= 0.6 is 39.5 Å². The van der Waals surface area contributed by atoms with E-state index in [1.807, 2.05) is 11.4 Å². The van der Waals surface area contributed by atoms with Crippen LogP contribution in [0.4, 0.5) is 0 Å². The van der Waals surface area contributed by atoms with Gasteiger partial charge in [-0.3, -0.25) is 0 Å². The first-order valence-corrected chi connectivity index (χ1v) is 9.42. The van der Waals surface area contributed by atoms with E-state index in [1.54, 1.807) is 19.2 Å². The number of rotatable bonds is 5. The zero-order valence-corrected chi connectivity index (χ0v) is 15.2. The molecule has 0 radical (unpaired) electrons. The van der Waals surface area contributed by atoms with Crippen molar-refractivity contribution < 1.29 is 8.42 Å². The van der Waals surface area contributed by atoms with Crippen LogP contribution in [0.1, 0.15) is 10.4 Å². The molecule has 0 aliphatic heterocycles. The lowest BCUT2D eigenvalue weighted by Gasteiger charge is -2.16. The van der Waals surface area contributed by atoms with Gasteiger partial charge in [-0.05, 0) is 34.1 Å². The lowest BCUT2D eigenvalue weighted by Crippen LogP contribution is -2.26. The van der Waals surface area contributed by atoms with E-state index in [2.05, 4.69) is 15.9 Å². The van der Waals surface area contributed by atoms with Crippen LogP contribution in [-0.2, 0) is 16.6 Å². The minimum Gasteiger partial charge on any atom is -0.389 e. The highest BCUT2D eigenvalue weighted by atomic mass is 79.9. The molecular formula is C13H13BrN2O2S3. The van der Waals surface area contributed by atoms with Gasteiger partial charge in [0.1, 0.15) is 4.99 Å². The first-order valence-electron chi connectivity index (χ1n) is 5.90. The minimum absolute atomic E-state index is 0.223. The molecule has 2 N–H and O–H groups in total. The van der Waals surface area contributed by atoms with Crippen molar-refractivity contribution in [1.82, 2.24) is 4.31 Å². The predicted molar refractivity (Wildman–Crippen MR) is 93.0 cm³/mol. The quantitative estimate of drug-likeness (QED) is 0.777. The molecule has 0 amide bonds. The molecule has 2 rings (SSSR count). The molecule has 1 heterocycles. The molecule has 1 aromatic heterocycles. The maximum Gasteiger partial charge on any atom is 0.243 e. The van der Waals surface area contributed by atoms with Crippen molar-refractivity contribution >= 4 is 54.5 Å². The van der Waals surface area contributed by atoms with Gasteiger partial charge >= 0.3 is 0 Å². The summed E-state index contributed by atoms with van der Waals surface area (Å²) in [4.78, 5) is 1.43. The fourth-order valence-corrected chi connectivity index (χ4v) is 4.58. The van der Waals surface area contributed by atoms with Gasteiger partial charge in [-0.25, -0.2) is 8.42 Å². The monoisotopic (exact) mass is 404 g/mol. The van der Waals surface area contributed by atoms with Gasteiger partial charge in [-0.2, -0.15) is 4.31 Å². The molecule has 8 heteroatoms. The summed E-state index contributed by atoms with van der Waals surface area (Å²) in [5.74, 6) is 0. The zero-order valence-electron chi connectivity index (χ0n) is 11.1. The lowest BCUT2D eigenvalue weighted by atomic mass is 10.2. The summed E-state index contributed by atoms with van der Waals surface area (Å²) in [6.45, 7) is 0.329. The van der Waals surface area contributed by atoms with E-state index in [0.29, 0.717) is 12.1 Å². The Morgan fingerprint density at radius 3 is 2.48 bits per heavy atom. The van der Waals surface area contributed by atoms with Gasteiger partial charge < -0.3 is 5.73 Å². The van der Waals surface area contributed by atoms with Crippen LogP contribution in [0, 0.1) is 0 Å². The summed E-state index contributed by atoms with van der Waals surface area (Å²) >= 11 is 9.72. The largest absolute Gasteiger partial charge is 0.389 e. The van der Waals surface area contributed by atoms with Gasteiger partial charge in [0.25, 0.3) is 0 Å². The number of sulfonamides is 1. The molecule has 112 valence electrons. The highest BCUT2D eigenvalue weighted by Crippen LogP contribution is 2.23. The third kappa shape index (κ3) is 3.89. The summed E-state index contributed by atoms with van der Waals surface area (Å²) < 4.78 is 27.2. The van der Waals surface area contributed by atoms with Crippen LogP contribution in [0.15, 0.2) is 45.1 Å². The van der Waals surface area contributed by atoms with Gasteiger partial charge in [-0.1, -0.05) is 24.4 Å². The van der Waals surface area contributed by atoms with E-state index in [-0.39, 0.29) is 9.88 Å². The second-order valence-electron chi connectivity index (χ2n) is 4.38. The van der Waals surface area contributed by atoms with Crippen LogP contribution in [0.5, 0.6) is 0 Å². The third-order valence-electron chi connectivity index (χ3n) is 2.85. The van der Waals surface area contributed by atoms with Crippen molar-refractivity contribution in [2.75, 3.05) is 7.05 Å². The molecule has 0 fully saturated rings. The van der Waals surface area contributed by atoms with Crippen molar-refractivity contribution in [2.24, 2.45) is 5.73 Å². The smallest absolute Gasteiger partial charge is 0.243 e. The Balaban J connectivity index is 2.22. The van der Waals surface area contributed by atoms with Gasteiger partial charge in [0.05, 0.1) is 4.90 Å². The third-order valence-corrected chi connectivity index (χ3v) is 6.58. The first kappa shape index (κ1) is 16.6. The van der Waals surface area contributed by atoms with Gasteiger partial charge in [0.2, 0.25) is 10.0 Å². The van der Waals surface area contributed by atoms with E-state index in [0.717, 1.165) is 9.35 Å². The highest BCUT2D eigenvalue weighted by molar-refractivity contribution is 9.10. The van der Waals surface area contributed by atoms with Crippen LogP contribution in [0.2, 0.25) is 0 Å². The molecule has 0 aliphatic rings. The lowest BCUT2D eigenvalue weighted by molar-refractivity contribution is 0.469. The Morgan fingerprint density at radius 2 is 2.00 bits per heavy atom. The van der Waals surface area contributed by atoms with Gasteiger partial charge in [0, 0.05) is 33.9 Å². The molecular weight excluding hydrogens is 392 g/mol. The minimum atomic E-state index is -3.53. The standard InChI is InChI=1S/C13H13BrN2O2S3/c1-16(7-11-6-10(14)8-20-11)21(17,18)12-4-2-9(3-5-12)13(15)19/h2-6,8H,7H2,1H3,(H2,15,19). The molecule has 0 aliphatic carbocycles. The van der Waals surface area contributed by atoms with Crippen LogP contribution in [0.25, 0.3) is 0 Å². The average Bonchev–Trinajstić information content (AvgIpc) is 2.84. The first-order chi connectivity index (χ1) is 9.80. The Bertz CT molecular complexity index is 754. The van der Waals surface area contributed by atoms with Crippen molar-refractivity contribution in [1.29, 1.82) is 0 Å². The van der Waals surface area contributed by atoms with Crippen LogP contribution in [0.3, 0.4) is 0 Å². The summed E-state index contributed by atoms with van der Waals surface area (Å²) in [6.07, 6.45) is 0. The number of hydrogen-bond donors (Lipinski definition) is 1. The SMILES string of the molecule is CN(Cc1cc(Br)cs1)S(=O)(=O)c1ccc(C(N)=S)cc1. The molecule has 2 aromatic rings. The number of nitrogens with two attached hydrogens (primary N) is 1. The molecule has 4 nitrogen and oxygen atoms in total. The van der Waals surface area contributed by atoms with Crippen molar-refractivity contribution in [2.45, 2.75) is 11.4 Å². The maximum absolute atomic E-state index is 12.5. The molecule has 21 heavy (non-hydrogen) atoms. The number of thiophene rings is 1. The van der Waals surface area contributed by atoms with E-state index >= 15 is 0 Å². The molecule has 0 bridgehead atoms. The zero-order chi connectivity index (χ0) is 15.6. The van der Waals surface area contributed by atoms with Crippen molar-refractivity contribution in [3.63, 3.8) is 0 Å². The Morgan fingerprint density at radius 1 is 1.38 bits per heavy atom. The number of halogens is 1. The molecule has 0 atom stereocenters.